The number of ether oxygens (including phenoxy) is 1. The fourth-order valence-corrected chi connectivity index (χ4v) is 1.11. The number of carbonyl (C=O) groups excluding carboxylic acids is 1. The minimum atomic E-state index is -0.0777. The molecule has 0 saturated carbocycles. The lowest BCUT2D eigenvalue weighted by Crippen LogP contribution is -2.62. The first-order valence-corrected chi connectivity index (χ1v) is 5.38. The number of amides is 1. The first kappa shape index (κ1) is 15.9. The van der Waals surface area contributed by atoms with Gasteiger partial charge in [0, 0.05) is 14.0 Å². The minimum Gasteiger partial charge on any atom is -0.375 e. The number of rotatable bonds is 1. The zero-order valence-corrected chi connectivity index (χ0v) is 10.7. The van der Waals surface area contributed by atoms with Crippen LogP contribution in [0.15, 0.2) is 0 Å². The van der Waals surface area contributed by atoms with E-state index < -0.39 is 0 Å². The number of likely N-dealkylation sites (tertiary alicyclic amines) is 1. The Morgan fingerprint density at radius 1 is 1.21 bits per heavy atom. The maximum atomic E-state index is 10.7. The van der Waals surface area contributed by atoms with Gasteiger partial charge in [0.25, 0.3) is 0 Å². The summed E-state index contributed by atoms with van der Waals surface area (Å²) >= 11 is 0. The number of methoxy groups -OCH3 is 1. The second kappa shape index (κ2) is 7.80. The van der Waals surface area contributed by atoms with Crippen LogP contribution in [-0.2, 0) is 9.53 Å². The van der Waals surface area contributed by atoms with Crippen LogP contribution in [0.25, 0.3) is 0 Å². The van der Waals surface area contributed by atoms with E-state index in [0.717, 1.165) is 13.1 Å². The highest BCUT2D eigenvalue weighted by Gasteiger charge is 2.39. The molecule has 1 amide bonds. The minimum absolute atomic E-state index is 0.0777. The molecular formula is C11H25NO2. The summed E-state index contributed by atoms with van der Waals surface area (Å²) in [7, 11) is 1.68. The molecule has 0 aromatic carbocycles. The van der Waals surface area contributed by atoms with Crippen LogP contribution >= 0.6 is 0 Å². The Morgan fingerprint density at radius 2 is 1.57 bits per heavy atom. The lowest BCUT2D eigenvalue weighted by Gasteiger charge is -2.46. The average molecular weight is 203 g/mol. The van der Waals surface area contributed by atoms with Crippen molar-refractivity contribution in [2.45, 2.75) is 47.1 Å². The van der Waals surface area contributed by atoms with Crippen molar-refractivity contribution in [2.75, 3.05) is 20.2 Å². The quantitative estimate of drug-likeness (QED) is 0.654. The van der Waals surface area contributed by atoms with Gasteiger partial charge in [-0.3, -0.25) is 4.79 Å². The molecule has 1 aliphatic rings. The van der Waals surface area contributed by atoms with Gasteiger partial charge < -0.3 is 9.64 Å². The molecule has 0 aromatic heterocycles. The van der Waals surface area contributed by atoms with Crippen LogP contribution in [0.2, 0.25) is 0 Å². The average Bonchev–Trinajstić information content (AvgIpc) is 2.19. The van der Waals surface area contributed by atoms with Crippen molar-refractivity contribution < 1.29 is 9.53 Å². The summed E-state index contributed by atoms with van der Waals surface area (Å²) in [5.74, 6) is 0.134. The highest BCUT2D eigenvalue weighted by molar-refractivity contribution is 5.74. The van der Waals surface area contributed by atoms with Gasteiger partial charge in [-0.25, -0.2) is 0 Å². The summed E-state index contributed by atoms with van der Waals surface area (Å²) in [5.41, 5.74) is -0.0777. The molecule has 0 atom stereocenters. The normalized spacial score (nSPS) is 16.6. The van der Waals surface area contributed by atoms with Crippen molar-refractivity contribution >= 4 is 5.91 Å². The van der Waals surface area contributed by atoms with Crippen LogP contribution < -0.4 is 0 Å². The molecule has 0 N–H and O–H groups in total. The maximum absolute atomic E-state index is 10.7. The molecule has 1 saturated heterocycles. The summed E-state index contributed by atoms with van der Waals surface area (Å²) in [4.78, 5) is 12.5. The monoisotopic (exact) mass is 203 g/mol. The van der Waals surface area contributed by atoms with Gasteiger partial charge in [-0.15, -0.1) is 0 Å². The highest BCUT2D eigenvalue weighted by Crippen LogP contribution is 2.23. The lowest BCUT2D eigenvalue weighted by atomic mass is 9.97. The number of carbonyl (C=O) groups is 1. The first-order valence-electron chi connectivity index (χ1n) is 5.38. The SMILES string of the molecule is CC.CC.COC1(C)CN(C(C)=O)C1. The third-order valence-corrected chi connectivity index (χ3v) is 1.99. The molecule has 0 aliphatic carbocycles. The Bertz CT molecular complexity index is 151. The summed E-state index contributed by atoms with van der Waals surface area (Å²) < 4.78 is 5.16. The van der Waals surface area contributed by atoms with Crippen LogP contribution in [0.4, 0.5) is 0 Å². The van der Waals surface area contributed by atoms with Crippen LogP contribution in [0.3, 0.4) is 0 Å². The first-order chi connectivity index (χ1) is 6.57. The predicted molar refractivity (Wildman–Crippen MR) is 60.4 cm³/mol. The maximum Gasteiger partial charge on any atom is 0.219 e. The molecule has 1 rings (SSSR count). The molecule has 1 heterocycles. The lowest BCUT2D eigenvalue weighted by molar-refractivity contribution is -0.155. The van der Waals surface area contributed by atoms with Crippen LogP contribution in [-0.4, -0.2) is 36.6 Å². The predicted octanol–water partition coefficient (Wildman–Crippen LogP) is 2.31. The molecule has 1 aliphatic heterocycles. The van der Waals surface area contributed by atoms with E-state index in [1.807, 2.05) is 34.6 Å². The van der Waals surface area contributed by atoms with Gasteiger partial charge in [-0.05, 0) is 6.92 Å². The van der Waals surface area contributed by atoms with E-state index >= 15 is 0 Å². The second-order valence-corrected chi connectivity index (χ2v) is 3.03. The van der Waals surface area contributed by atoms with Gasteiger partial charge in [-0.1, -0.05) is 27.7 Å². The van der Waals surface area contributed by atoms with Gasteiger partial charge in [-0.2, -0.15) is 0 Å². The summed E-state index contributed by atoms with van der Waals surface area (Å²) in [5, 5.41) is 0. The van der Waals surface area contributed by atoms with E-state index in [1.165, 1.54) is 0 Å². The number of hydrogen-bond donors (Lipinski definition) is 0. The van der Waals surface area contributed by atoms with Crippen molar-refractivity contribution in [1.82, 2.24) is 4.90 Å². The van der Waals surface area contributed by atoms with Crippen LogP contribution in [0.1, 0.15) is 41.5 Å². The second-order valence-electron chi connectivity index (χ2n) is 3.03. The zero-order valence-electron chi connectivity index (χ0n) is 10.7. The Hall–Kier alpha value is -0.570. The number of hydrogen-bond acceptors (Lipinski definition) is 2. The Labute approximate surface area is 88.4 Å². The molecule has 3 nitrogen and oxygen atoms in total. The third kappa shape index (κ3) is 4.61. The highest BCUT2D eigenvalue weighted by atomic mass is 16.5. The van der Waals surface area contributed by atoms with E-state index in [0.29, 0.717) is 0 Å². The van der Waals surface area contributed by atoms with Crippen LogP contribution in [0, 0.1) is 0 Å². The van der Waals surface area contributed by atoms with E-state index in [4.69, 9.17) is 4.74 Å². The van der Waals surface area contributed by atoms with Gasteiger partial charge in [0.2, 0.25) is 5.91 Å². The van der Waals surface area contributed by atoms with Crippen molar-refractivity contribution in [2.24, 2.45) is 0 Å². The summed E-state index contributed by atoms with van der Waals surface area (Å²) in [6.07, 6.45) is 0. The van der Waals surface area contributed by atoms with Gasteiger partial charge >= 0.3 is 0 Å². The van der Waals surface area contributed by atoms with Gasteiger partial charge in [0.05, 0.1) is 18.7 Å². The molecule has 0 aromatic rings. The fraction of sp³-hybridized carbons (Fsp3) is 0.909. The third-order valence-electron chi connectivity index (χ3n) is 1.99. The Kier molecular flexibility index (Phi) is 8.85. The molecule has 14 heavy (non-hydrogen) atoms. The Balaban J connectivity index is 0. The molecule has 0 spiro atoms. The van der Waals surface area contributed by atoms with Crippen molar-refractivity contribution in [1.29, 1.82) is 0 Å². The molecule has 0 radical (unpaired) electrons. The van der Waals surface area contributed by atoms with Gasteiger partial charge in [0.1, 0.15) is 0 Å². The molecule has 1 fully saturated rings. The van der Waals surface area contributed by atoms with Gasteiger partial charge in [0.15, 0.2) is 0 Å². The summed E-state index contributed by atoms with van der Waals surface area (Å²) in [6.45, 7) is 13.1. The molecule has 86 valence electrons. The molecular weight excluding hydrogens is 178 g/mol. The topological polar surface area (TPSA) is 29.5 Å². The summed E-state index contributed by atoms with van der Waals surface area (Å²) in [6, 6.07) is 0. The smallest absolute Gasteiger partial charge is 0.219 e. The Morgan fingerprint density at radius 3 is 1.79 bits per heavy atom. The van der Waals surface area contributed by atoms with Crippen LogP contribution in [0.5, 0.6) is 0 Å². The molecule has 0 unspecified atom stereocenters. The van der Waals surface area contributed by atoms with Crippen molar-refractivity contribution in [3.63, 3.8) is 0 Å². The van der Waals surface area contributed by atoms with Crippen molar-refractivity contribution in [3.05, 3.63) is 0 Å². The molecule has 3 heteroatoms. The fourth-order valence-electron chi connectivity index (χ4n) is 1.11. The van der Waals surface area contributed by atoms with E-state index in [-0.39, 0.29) is 11.5 Å². The standard InChI is InChI=1S/C7H13NO2.2C2H6/c1-6(9)8-4-7(2,5-8)10-3;2*1-2/h4-5H2,1-3H3;2*1-2H3. The van der Waals surface area contributed by atoms with Crippen molar-refractivity contribution in [3.8, 4) is 0 Å². The van der Waals surface area contributed by atoms with E-state index in [9.17, 15) is 4.79 Å². The molecule has 0 bridgehead atoms. The number of nitrogens with zero attached hydrogens (tertiary/aromatic N) is 1. The largest absolute Gasteiger partial charge is 0.375 e. The van der Waals surface area contributed by atoms with E-state index in [2.05, 4.69) is 0 Å². The van der Waals surface area contributed by atoms with E-state index in [1.54, 1.807) is 18.9 Å². The zero-order chi connectivity index (χ0) is 11.8.